The summed E-state index contributed by atoms with van der Waals surface area (Å²) in [6.07, 6.45) is 0. The maximum absolute atomic E-state index is 12.3. The molecule has 2 aromatic carbocycles. The Hall–Kier alpha value is -1.69. The number of benzene rings is 2. The van der Waals surface area contributed by atoms with Gasteiger partial charge in [0.2, 0.25) is 5.91 Å². The molecular weight excluding hydrogens is 403 g/mol. The van der Waals surface area contributed by atoms with Crippen LogP contribution in [0.2, 0.25) is 10.0 Å². The second kappa shape index (κ2) is 10.6. The van der Waals surface area contributed by atoms with Gasteiger partial charge >= 0.3 is 0 Å². The smallest absolute Gasteiger partial charge is 0.253 e. The standard InChI is InChI=1S/C20H22Cl2N2O2S/c1-3-24(4-2)20(26)14-8-10-15(11-9-14)23-19(25)13-27-12-16-17(21)6-5-7-18(16)22/h5-11H,3-4,12-13H2,1-2H3,(H,23,25). The summed E-state index contributed by atoms with van der Waals surface area (Å²) >= 11 is 13.7. The minimum Gasteiger partial charge on any atom is -0.339 e. The van der Waals surface area contributed by atoms with Crippen molar-refractivity contribution in [3.63, 3.8) is 0 Å². The molecule has 2 rings (SSSR count). The lowest BCUT2D eigenvalue weighted by atomic mass is 10.2. The summed E-state index contributed by atoms with van der Waals surface area (Å²) in [6, 6.07) is 12.3. The number of nitrogens with one attached hydrogen (secondary N) is 1. The molecule has 0 saturated heterocycles. The SMILES string of the molecule is CCN(CC)C(=O)c1ccc(NC(=O)CSCc2c(Cl)cccc2Cl)cc1. The summed E-state index contributed by atoms with van der Waals surface area (Å²) in [6.45, 7) is 5.23. The van der Waals surface area contributed by atoms with Gasteiger partial charge in [-0.25, -0.2) is 0 Å². The quantitative estimate of drug-likeness (QED) is 0.621. The van der Waals surface area contributed by atoms with Crippen LogP contribution in [0, 0.1) is 0 Å². The van der Waals surface area contributed by atoms with Gasteiger partial charge in [-0.15, -0.1) is 11.8 Å². The molecule has 2 aromatic rings. The van der Waals surface area contributed by atoms with Crippen molar-refractivity contribution in [2.75, 3.05) is 24.2 Å². The van der Waals surface area contributed by atoms with Gasteiger partial charge in [0.1, 0.15) is 0 Å². The molecule has 0 atom stereocenters. The van der Waals surface area contributed by atoms with E-state index in [9.17, 15) is 9.59 Å². The Morgan fingerprint density at radius 2 is 1.59 bits per heavy atom. The summed E-state index contributed by atoms with van der Waals surface area (Å²) in [7, 11) is 0. The second-order valence-corrected chi connectivity index (χ2v) is 7.60. The van der Waals surface area contributed by atoms with Crippen LogP contribution < -0.4 is 5.32 Å². The van der Waals surface area contributed by atoms with E-state index in [1.165, 1.54) is 11.8 Å². The molecule has 0 unspecified atom stereocenters. The van der Waals surface area contributed by atoms with E-state index in [-0.39, 0.29) is 17.6 Å². The molecule has 0 radical (unpaired) electrons. The third kappa shape index (κ3) is 6.16. The van der Waals surface area contributed by atoms with E-state index in [0.717, 1.165) is 5.56 Å². The highest BCUT2D eigenvalue weighted by atomic mass is 35.5. The van der Waals surface area contributed by atoms with E-state index in [4.69, 9.17) is 23.2 Å². The molecule has 7 heteroatoms. The van der Waals surface area contributed by atoms with Gasteiger partial charge in [0.15, 0.2) is 0 Å². The molecule has 0 aliphatic carbocycles. The van der Waals surface area contributed by atoms with Crippen LogP contribution in [0.15, 0.2) is 42.5 Å². The molecule has 0 bridgehead atoms. The highest BCUT2D eigenvalue weighted by Gasteiger charge is 2.12. The van der Waals surface area contributed by atoms with Gasteiger partial charge in [-0.3, -0.25) is 9.59 Å². The topological polar surface area (TPSA) is 49.4 Å². The van der Waals surface area contributed by atoms with Crippen LogP contribution in [-0.4, -0.2) is 35.6 Å². The van der Waals surface area contributed by atoms with E-state index in [1.807, 2.05) is 13.8 Å². The molecular formula is C20H22Cl2N2O2S. The van der Waals surface area contributed by atoms with Gasteiger partial charge in [-0.2, -0.15) is 0 Å². The highest BCUT2D eigenvalue weighted by molar-refractivity contribution is 7.99. The van der Waals surface area contributed by atoms with Crippen molar-refractivity contribution in [1.82, 2.24) is 4.90 Å². The zero-order valence-corrected chi connectivity index (χ0v) is 17.6. The first-order chi connectivity index (χ1) is 13.0. The van der Waals surface area contributed by atoms with Gasteiger partial charge in [0, 0.05) is 40.1 Å². The molecule has 0 fully saturated rings. The molecule has 1 N–H and O–H groups in total. The number of carbonyl (C=O) groups is 2. The van der Waals surface area contributed by atoms with E-state index in [0.29, 0.717) is 40.1 Å². The van der Waals surface area contributed by atoms with Crippen molar-refractivity contribution < 1.29 is 9.59 Å². The zero-order valence-electron chi connectivity index (χ0n) is 15.3. The van der Waals surface area contributed by atoms with Crippen LogP contribution in [-0.2, 0) is 10.5 Å². The molecule has 0 aromatic heterocycles. The lowest BCUT2D eigenvalue weighted by Crippen LogP contribution is -2.30. The number of anilines is 1. The fourth-order valence-corrected chi connectivity index (χ4v) is 4.07. The lowest BCUT2D eigenvalue weighted by Gasteiger charge is -2.18. The van der Waals surface area contributed by atoms with E-state index >= 15 is 0 Å². The van der Waals surface area contributed by atoms with E-state index in [2.05, 4.69) is 5.32 Å². The Morgan fingerprint density at radius 1 is 1.00 bits per heavy atom. The van der Waals surface area contributed by atoms with Crippen LogP contribution in [0.4, 0.5) is 5.69 Å². The van der Waals surface area contributed by atoms with Gasteiger partial charge in [-0.05, 0) is 55.8 Å². The predicted molar refractivity (Wildman–Crippen MR) is 115 cm³/mol. The van der Waals surface area contributed by atoms with E-state index < -0.39 is 0 Å². The Bertz CT molecular complexity index is 773. The molecule has 0 heterocycles. The first-order valence-corrected chi connectivity index (χ1v) is 10.6. The van der Waals surface area contributed by atoms with Crippen LogP contribution in [0.5, 0.6) is 0 Å². The first-order valence-electron chi connectivity index (χ1n) is 8.66. The van der Waals surface area contributed by atoms with Gasteiger partial charge in [0.05, 0.1) is 5.75 Å². The number of halogens is 2. The number of hydrogen-bond acceptors (Lipinski definition) is 3. The molecule has 0 aliphatic rings. The second-order valence-electron chi connectivity index (χ2n) is 5.80. The predicted octanol–water partition coefficient (Wildman–Crippen LogP) is 5.35. The van der Waals surface area contributed by atoms with Crippen molar-refractivity contribution in [1.29, 1.82) is 0 Å². The third-order valence-corrected chi connectivity index (χ3v) is 5.67. The van der Waals surface area contributed by atoms with Crippen molar-refractivity contribution in [3.8, 4) is 0 Å². The molecule has 0 saturated carbocycles. The zero-order chi connectivity index (χ0) is 19.8. The van der Waals surface area contributed by atoms with Crippen LogP contribution >= 0.6 is 35.0 Å². The van der Waals surface area contributed by atoms with Crippen molar-refractivity contribution >= 4 is 52.5 Å². The minimum absolute atomic E-state index is 0.00921. The Labute approximate surface area is 174 Å². The number of amides is 2. The average Bonchev–Trinajstić information content (AvgIpc) is 2.65. The Kier molecular flexibility index (Phi) is 8.48. The number of thioether (sulfide) groups is 1. The maximum Gasteiger partial charge on any atom is 0.253 e. The van der Waals surface area contributed by atoms with Crippen LogP contribution in [0.3, 0.4) is 0 Å². The Morgan fingerprint density at radius 3 is 2.15 bits per heavy atom. The van der Waals surface area contributed by atoms with Crippen molar-refractivity contribution in [2.45, 2.75) is 19.6 Å². The normalized spacial score (nSPS) is 10.5. The fourth-order valence-electron chi connectivity index (χ4n) is 2.50. The van der Waals surface area contributed by atoms with Gasteiger partial charge in [-0.1, -0.05) is 29.3 Å². The first kappa shape index (κ1) is 21.6. The molecule has 0 spiro atoms. The number of hydrogen-bond donors (Lipinski definition) is 1. The van der Waals surface area contributed by atoms with Crippen LogP contribution in [0.25, 0.3) is 0 Å². The Balaban J connectivity index is 1.86. The summed E-state index contributed by atoms with van der Waals surface area (Å²) in [5.41, 5.74) is 2.10. The highest BCUT2D eigenvalue weighted by Crippen LogP contribution is 2.28. The van der Waals surface area contributed by atoms with Crippen LogP contribution in [0.1, 0.15) is 29.8 Å². The molecule has 0 aliphatic heterocycles. The summed E-state index contributed by atoms with van der Waals surface area (Å²) in [5, 5.41) is 4.03. The number of carbonyl (C=O) groups excluding carboxylic acids is 2. The van der Waals surface area contributed by atoms with Crippen molar-refractivity contribution in [3.05, 3.63) is 63.6 Å². The number of nitrogens with zero attached hydrogens (tertiary/aromatic N) is 1. The molecule has 144 valence electrons. The molecule has 4 nitrogen and oxygen atoms in total. The van der Waals surface area contributed by atoms with Gasteiger partial charge in [0.25, 0.3) is 5.91 Å². The summed E-state index contributed by atoms with van der Waals surface area (Å²) < 4.78 is 0. The number of rotatable bonds is 8. The largest absolute Gasteiger partial charge is 0.339 e. The summed E-state index contributed by atoms with van der Waals surface area (Å²) in [5.74, 6) is 0.710. The minimum atomic E-state index is -0.119. The van der Waals surface area contributed by atoms with Crippen molar-refractivity contribution in [2.24, 2.45) is 0 Å². The molecule has 2 amide bonds. The average molecular weight is 425 g/mol. The van der Waals surface area contributed by atoms with E-state index in [1.54, 1.807) is 47.4 Å². The fraction of sp³-hybridized carbons (Fsp3) is 0.300. The van der Waals surface area contributed by atoms with Gasteiger partial charge < -0.3 is 10.2 Å². The maximum atomic E-state index is 12.3. The monoisotopic (exact) mass is 424 g/mol. The lowest BCUT2D eigenvalue weighted by molar-refractivity contribution is -0.113. The molecule has 27 heavy (non-hydrogen) atoms. The summed E-state index contributed by atoms with van der Waals surface area (Å²) in [4.78, 5) is 26.2. The third-order valence-electron chi connectivity index (χ3n) is 4.01.